The molecular weight excluding hydrogens is 1130 g/mol. The van der Waals surface area contributed by atoms with Crippen LogP contribution in [-0.4, -0.2) is 41.3 Å². The van der Waals surface area contributed by atoms with Crippen LogP contribution in [0.2, 0.25) is 0 Å². The number of hydrogen-bond acceptors (Lipinski definition) is 2. The van der Waals surface area contributed by atoms with Crippen LogP contribution >= 0.6 is 23.2 Å². The predicted molar refractivity (Wildman–Crippen MR) is 322 cm³/mol. The molecule has 0 spiro atoms. The first kappa shape index (κ1) is 60.0. The van der Waals surface area contributed by atoms with Gasteiger partial charge in [-0.15, -0.1) is 23.2 Å². The van der Waals surface area contributed by atoms with Crippen LogP contribution in [0.25, 0.3) is 54.8 Å². The Labute approximate surface area is 479 Å². The largest absolute Gasteiger partial charge is 0.386 e. The van der Waals surface area contributed by atoms with E-state index < -0.39 is 33.0 Å². The molecule has 0 saturated carbocycles. The van der Waals surface area contributed by atoms with Gasteiger partial charge in [-0.25, -0.2) is 0 Å². The van der Waals surface area contributed by atoms with Gasteiger partial charge in [0, 0.05) is 69.5 Å². The molecule has 7 heteroatoms. The Kier molecular flexibility index (Phi) is 17.2. The van der Waals surface area contributed by atoms with Crippen LogP contribution in [0, 0.1) is 36.5 Å². The normalized spacial score (nSPS) is 24.3. The van der Waals surface area contributed by atoms with E-state index in [1.54, 1.807) is 0 Å². The maximum absolute atomic E-state index is 12.2. The molecule has 2 aromatic heterocycles. The molecule has 8 aromatic rings. The maximum atomic E-state index is 12.2. The summed E-state index contributed by atoms with van der Waals surface area (Å²) in [6.07, 6.45) is 6.05. The minimum absolute atomic E-state index is 0. The summed E-state index contributed by atoms with van der Waals surface area (Å²) < 4.78 is 4.73. The van der Waals surface area contributed by atoms with E-state index >= 15 is 0 Å². The van der Waals surface area contributed by atoms with Crippen molar-refractivity contribution in [1.29, 1.82) is 0 Å². The smallest absolute Gasteiger partial charge is 0.103 e. The molecule has 2 aliphatic rings. The standard InChI is InChI=1S/2C33H38ClNO.2CH3.Hf/c2*1-30(2,3)21-31(4,5)33(34)20-26(23-14-8-7-9-15-23)29(36)32(6,22-33)35-27-18-12-10-16-24(27)25-17-11-13-19-28(25)35;;;/h2*7-20,29,36H,21-22H2,1-6H3;2*1H3;/q;;2*-1;. The molecule has 75 heavy (non-hydrogen) atoms. The van der Waals surface area contributed by atoms with E-state index in [1.807, 2.05) is 36.4 Å². The molecule has 6 atom stereocenters. The zero-order chi connectivity index (χ0) is 51.9. The number of allylic oxidation sites excluding steroid dienone is 2. The van der Waals surface area contributed by atoms with Crippen LogP contribution in [-0.2, 0) is 36.9 Å². The van der Waals surface area contributed by atoms with Gasteiger partial charge in [0.2, 0.25) is 0 Å². The topological polar surface area (TPSA) is 50.3 Å². The van der Waals surface area contributed by atoms with Crippen molar-refractivity contribution >= 4 is 78.0 Å². The van der Waals surface area contributed by atoms with E-state index in [9.17, 15) is 10.2 Å². The maximum Gasteiger partial charge on any atom is 0.103 e. The summed E-state index contributed by atoms with van der Waals surface area (Å²) in [7, 11) is 0. The van der Waals surface area contributed by atoms with Gasteiger partial charge in [-0.1, -0.05) is 215 Å². The minimum Gasteiger partial charge on any atom is -0.386 e. The van der Waals surface area contributed by atoms with Gasteiger partial charge in [0.15, 0.2) is 0 Å². The van der Waals surface area contributed by atoms with Crippen LogP contribution in [0.15, 0.2) is 170 Å². The third-order valence-corrected chi connectivity index (χ3v) is 17.9. The molecule has 0 amide bonds. The summed E-state index contributed by atoms with van der Waals surface area (Å²) in [6.45, 7) is 27.2. The van der Waals surface area contributed by atoms with Gasteiger partial charge in [0.05, 0.1) is 20.8 Å². The monoisotopic (exact) mass is 1210 g/mol. The Morgan fingerprint density at radius 1 is 0.427 bits per heavy atom. The number of aliphatic hydroxyl groups is 2. The fourth-order valence-corrected chi connectivity index (χ4v) is 14.5. The second-order valence-electron chi connectivity index (χ2n) is 25.5. The van der Waals surface area contributed by atoms with Gasteiger partial charge in [0.25, 0.3) is 0 Å². The summed E-state index contributed by atoms with van der Waals surface area (Å²) in [5.41, 5.74) is 6.83. The first-order valence-corrected chi connectivity index (χ1v) is 26.8. The van der Waals surface area contributed by atoms with Crippen molar-refractivity contribution in [2.24, 2.45) is 21.7 Å². The van der Waals surface area contributed by atoms with E-state index in [4.69, 9.17) is 23.2 Å². The van der Waals surface area contributed by atoms with Gasteiger partial charge >= 0.3 is 0 Å². The van der Waals surface area contributed by atoms with Gasteiger partial charge in [0.1, 0.15) is 12.2 Å². The second kappa shape index (κ2) is 21.5. The van der Waals surface area contributed by atoms with Crippen molar-refractivity contribution in [2.75, 3.05) is 0 Å². The molecule has 2 aliphatic carbocycles. The molecule has 396 valence electrons. The van der Waals surface area contributed by atoms with E-state index in [1.165, 1.54) is 21.5 Å². The predicted octanol–water partition coefficient (Wildman–Crippen LogP) is 18.5. The van der Waals surface area contributed by atoms with Crippen LogP contribution in [0.5, 0.6) is 0 Å². The first-order chi connectivity index (χ1) is 33.7. The number of halogens is 2. The fourth-order valence-electron chi connectivity index (χ4n) is 13.6. The first-order valence-electron chi connectivity index (χ1n) is 26.0. The van der Waals surface area contributed by atoms with E-state index in [0.29, 0.717) is 12.8 Å². The number of fused-ring (bicyclic) bond motifs is 6. The molecular formula is C68H82Cl2HfN2O2-2. The number of aliphatic hydroxyl groups excluding tert-OH is 2. The molecule has 6 unspecified atom stereocenters. The molecule has 6 aromatic carbocycles. The summed E-state index contributed by atoms with van der Waals surface area (Å²) in [4.78, 5) is -1.32. The second-order valence-corrected chi connectivity index (χ2v) is 26.9. The van der Waals surface area contributed by atoms with Crippen molar-refractivity contribution in [3.05, 3.63) is 196 Å². The van der Waals surface area contributed by atoms with Gasteiger partial charge in [-0.3, -0.25) is 0 Å². The van der Waals surface area contributed by atoms with Crippen LogP contribution in [0.3, 0.4) is 0 Å². The minimum atomic E-state index is -0.726. The summed E-state index contributed by atoms with van der Waals surface area (Å²) in [5, 5.41) is 29.2. The quantitative estimate of drug-likeness (QED) is 0.0905. The Hall–Kier alpha value is -4.23. The van der Waals surface area contributed by atoms with Crippen LogP contribution in [0.1, 0.15) is 120 Å². The van der Waals surface area contributed by atoms with Crippen molar-refractivity contribution in [3.63, 3.8) is 0 Å². The summed E-state index contributed by atoms with van der Waals surface area (Å²) in [5.74, 6) is 0. The molecule has 0 bridgehead atoms. The molecule has 10 rings (SSSR count). The Bertz CT molecular complexity index is 3010. The van der Waals surface area contributed by atoms with Crippen molar-refractivity contribution in [1.82, 2.24) is 9.13 Å². The summed E-state index contributed by atoms with van der Waals surface area (Å²) >= 11 is 15.6. The SMILES string of the molecule is CC(C)(C)CC(C)(C)C1(Cl)C=C(c2ccccc2)C(O)C(C)(n2c3ccccc3c3ccccc32)C1.CC(C)(C)CC(C)(C)C1(Cl)C=C(c2ccccc2)C(O)C(C)(n2c3ccccc3c3ccccc32)C1.[CH3-].[CH3-].[Hf]. The van der Waals surface area contributed by atoms with E-state index in [2.05, 4.69) is 226 Å². The number of rotatable bonds is 8. The van der Waals surface area contributed by atoms with Crippen molar-refractivity contribution in [2.45, 2.75) is 142 Å². The van der Waals surface area contributed by atoms with E-state index in [0.717, 1.165) is 57.2 Å². The molecule has 2 heterocycles. The van der Waals surface area contributed by atoms with Crippen molar-refractivity contribution < 1.29 is 36.1 Å². The summed E-state index contributed by atoms with van der Waals surface area (Å²) in [6, 6.07) is 54.6. The molecule has 0 aliphatic heterocycles. The molecule has 4 nitrogen and oxygen atoms in total. The third kappa shape index (κ3) is 10.9. The Morgan fingerprint density at radius 3 is 0.920 bits per heavy atom. The van der Waals surface area contributed by atoms with Gasteiger partial charge in [-0.05, 0) is 108 Å². The molecule has 2 N–H and O–H groups in total. The van der Waals surface area contributed by atoms with Gasteiger partial charge < -0.3 is 34.2 Å². The Balaban J connectivity index is 0.000000234. The van der Waals surface area contributed by atoms with E-state index in [-0.39, 0.29) is 62.4 Å². The fraction of sp³-hybridized carbons (Fsp3) is 0.382. The van der Waals surface area contributed by atoms with Gasteiger partial charge in [-0.2, -0.15) is 0 Å². The zero-order valence-corrected chi connectivity index (χ0v) is 52.3. The molecule has 0 saturated heterocycles. The zero-order valence-electron chi connectivity index (χ0n) is 47.2. The number of alkyl halides is 2. The number of nitrogens with zero attached hydrogens (tertiary/aromatic N) is 2. The van der Waals surface area contributed by atoms with Crippen LogP contribution < -0.4 is 0 Å². The number of benzene rings is 6. The average molecular weight is 1210 g/mol. The number of hydrogen-bond donors (Lipinski definition) is 2. The number of aromatic nitrogens is 2. The third-order valence-electron chi connectivity index (χ3n) is 16.4. The Morgan fingerprint density at radius 2 is 0.667 bits per heavy atom. The molecule has 0 radical (unpaired) electrons. The van der Waals surface area contributed by atoms with Crippen LogP contribution in [0.4, 0.5) is 0 Å². The van der Waals surface area contributed by atoms with Crippen molar-refractivity contribution in [3.8, 4) is 0 Å². The number of para-hydroxylation sites is 4. The molecule has 0 fully saturated rings. The average Bonchev–Trinajstić information content (AvgIpc) is 3.85.